The van der Waals surface area contributed by atoms with E-state index >= 15 is 0 Å². The Morgan fingerprint density at radius 1 is 1.00 bits per heavy atom. The van der Waals surface area contributed by atoms with Crippen LogP contribution in [-0.2, 0) is 9.53 Å². The predicted molar refractivity (Wildman–Crippen MR) is 77.6 cm³/mol. The minimum atomic E-state index is -0.140. The number of hydrogen-bond acceptors (Lipinski definition) is 2. The second-order valence-corrected chi connectivity index (χ2v) is 4.92. The maximum atomic E-state index is 11.0. The molecule has 106 valence electrons. The number of allylic oxidation sites excluding steroid dienone is 2. The normalized spacial score (nSPS) is 12.8. The summed E-state index contributed by atoms with van der Waals surface area (Å²) in [6.07, 6.45) is 14.9. The summed E-state index contributed by atoms with van der Waals surface area (Å²) in [6, 6.07) is 0. The van der Waals surface area contributed by atoms with Crippen LogP contribution in [0.5, 0.6) is 0 Å². The van der Waals surface area contributed by atoms with Crippen LogP contribution in [0.15, 0.2) is 12.2 Å². The molecule has 2 heteroatoms. The summed E-state index contributed by atoms with van der Waals surface area (Å²) < 4.78 is 5.34. The van der Waals surface area contributed by atoms with Crippen molar-refractivity contribution in [2.75, 3.05) is 0 Å². The SMILES string of the molecule is CCCC=CCCCCC(CCCC)OC(C)=O. The first kappa shape index (κ1) is 17.2. The summed E-state index contributed by atoms with van der Waals surface area (Å²) >= 11 is 0. The monoisotopic (exact) mass is 254 g/mol. The van der Waals surface area contributed by atoms with E-state index in [1.165, 1.54) is 26.2 Å². The third-order valence-corrected chi connectivity index (χ3v) is 2.98. The lowest BCUT2D eigenvalue weighted by Crippen LogP contribution is -2.16. The smallest absolute Gasteiger partial charge is 0.302 e. The summed E-state index contributed by atoms with van der Waals surface area (Å²) in [5, 5.41) is 0. The summed E-state index contributed by atoms with van der Waals surface area (Å²) in [5.74, 6) is -0.140. The van der Waals surface area contributed by atoms with Gasteiger partial charge in [-0.15, -0.1) is 0 Å². The molecule has 1 atom stereocenters. The lowest BCUT2D eigenvalue weighted by atomic mass is 10.0. The Bertz CT molecular complexity index is 221. The van der Waals surface area contributed by atoms with Crippen LogP contribution in [0.4, 0.5) is 0 Å². The van der Waals surface area contributed by atoms with E-state index in [1.807, 2.05) is 0 Å². The van der Waals surface area contributed by atoms with Gasteiger partial charge in [-0.25, -0.2) is 0 Å². The molecular weight excluding hydrogens is 224 g/mol. The van der Waals surface area contributed by atoms with Crippen LogP contribution in [0.3, 0.4) is 0 Å². The minimum absolute atomic E-state index is 0.140. The summed E-state index contributed by atoms with van der Waals surface area (Å²) in [4.78, 5) is 11.0. The molecule has 0 aliphatic carbocycles. The van der Waals surface area contributed by atoms with E-state index in [1.54, 1.807) is 0 Å². The number of rotatable bonds is 11. The molecule has 0 aromatic rings. The molecule has 0 heterocycles. The third kappa shape index (κ3) is 11.7. The molecule has 0 saturated heterocycles. The number of ether oxygens (including phenoxy) is 1. The van der Waals surface area contributed by atoms with Gasteiger partial charge in [-0.05, 0) is 38.5 Å². The minimum Gasteiger partial charge on any atom is -0.463 e. The van der Waals surface area contributed by atoms with E-state index in [0.29, 0.717) is 0 Å². The highest BCUT2D eigenvalue weighted by Crippen LogP contribution is 2.14. The van der Waals surface area contributed by atoms with Gasteiger partial charge in [-0.3, -0.25) is 4.79 Å². The van der Waals surface area contributed by atoms with Gasteiger partial charge in [0.15, 0.2) is 0 Å². The van der Waals surface area contributed by atoms with Crippen LogP contribution in [-0.4, -0.2) is 12.1 Å². The van der Waals surface area contributed by atoms with Crippen molar-refractivity contribution in [3.05, 3.63) is 12.2 Å². The molecule has 0 rings (SSSR count). The molecule has 0 aromatic carbocycles. The van der Waals surface area contributed by atoms with Gasteiger partial charge < -0.3 is 4.74 Å². The first-order valence-electron chi connectivity index (χ1n) is 7.52. The molecule has 2 nitrogen and oxygen atoms in total. The molecule has 0 aliphatic heterocycles. The average Bonchev–Trinajstić information content (AvgIpc) is 2.34. The number of unbranched alkanes of at least 4 members (excludes halogenated alkanes) is 4. The first-order chi connectivity index (χ1) is 8.70. The van der Waals surface area contributed by atoms with Crippen molar-refractivity contribution in [2.45, 2.75) is 84.7 Å². The van der Waals surface area contributed by atoms with Gasteiger partial charge in [0.2, 0.25) is 0 Å². The first-order valence-corrected chi connectivity index (χ1v) is 7.52. The van der Waals surface area contributed by atoms with E-state index in [2.05, 4.69) is 26.0 Å². The predicted octanol–water partition coefficient (Wildman–Crippen LogP) is 5.03. The molecule has 0 N–H and O–H groups in total. The zero-order valence-electron chi connectivity index (χ0n) is 12.4. The van der Waals surface area contributed by atoms with Gasteiger partial charge in [-0.1, -0.05) is 45.3 Å². The van der Waals surface area contributed by atoms with Crippen molar-refractivity contribution >= 4 is 5.97 Å². The zero-order chi connectivity index (χ0) is 13.6. The Morgan fingerprint density at radius 3 is 2.28 bits per heavy atom. The Labute approximate surface area is 113 Å². The molecule has 0 aromatic heterocycles. The fraction of sp³-hybridized carbons (Fsp3) is 0.812. The van der Waals surface area contributed by atoms with Crippen LogP contribution in [0.1, 0.15) is 78.6 Å². The van der Waals surface area contributed by atoms with Gasteiger partial charge >= 0.3 is 5.97 Å². The number of carbonyl (C=O) groups is 1. The maximum Gasteiger partial charge on any atom is 0.302 e. The van der Waals surface area contributed by atoms with Crippen LogP contribution >= 0.6 is 0 Å². The van der Waals surface area contributed by atoms with E-state index in [0.717, 1.165) is 38.5 Å². The van der Waals surface area contributed by atoms with Crippen molar-refractivity contribution in [3.8, 4) is 0 Å². The number of carbonyl (C=O) groups excluding carboxylic acids is 1. The van der Waals surface area contributed by atoms with Gasteiger partial charge in [0.05, 0.1) is 0 Å². The molecule has 1 unspecified atom stereocenters. The summed E-state index contributed by atoms with van der Waals surface area (Å²) in [5.41, 5.74) is 0. The second kappa shape index (κ2) is 12.7. The van der Waals surface area contributed by atoms with Crippen LogP contribution in [0, 0.1) is 0 Å². The molecule has 0 fully saturated rings. The highest BCUT2D eigenvalue weighted by Gasteiger charge is 2.10. The third-order valence-electron chi connectivity index (χ3n) is 2.98. The molecule has 0 bridgehead atoms. The van der Waals surface area contributed by atoms with Crippen LogP contribution < -0.4 is 0 Å². The number of hydrogen-bond donors (Lipinski definition) is 0. The molecular formula is C16H30O2. The molecule has 0 aliphatic rings. The standard InChI is InChI=1S/C16H30O2/c1-4-6-8-9-10-11-12-14-16(13-7-5-2)18-15(3)17/h8-9,16H,4-7,10-14H2,1-3H3. The molecule has 18 heavy (non-hydrogen) atoms. The average molecular weight is 254 g/mol. The lowest BCUT2D eigenvalue weighted by molar-refractivity contribution is -0.147. The fourth-order valence-electron chi connectivity index (χ4n) is 1.97. The van der Waals surface area contributed by atoms with Crippen molar-refractivity contribution in [1.82, 2.24) is 0 Å². The van der Waals surface area contributed by atoms with Crippen molar-refractivity contribution in [3.63, 3.8) is 0 Å². The fourth-order valence-corrected chi connectivity index (χ4v) is 1.97. The maximum absolute atomic E-state index is 11.0. The lowest BCUT2D eigenvalue weighted by Gasteiger charge is -2.16. The van der Waals surface area contributed by atoms with Crippen molar-refractivity contribution in [2.24, 2.45) is 0 Å². The Hall–Kier alpha value is -0.790. The van der Waals surface area contributed by atoms with Gasteiger partial charge in [-0.2, -0.15) is 0 Å². The molecule has 0 spiro atoms. The van der Waals surface area contributed by atoms with Gasteiger partial charge in [0.1, 0.15) is 6.10 Å². The Morgan fingerprint density at radius 2 is 1.67 bits per heavy atom. The highest BCUT2D eigenvalue weighted by atomic mass is 16.5. The Balaban J connectivity index is 3.64. The Kier molecular flexibility index (Phi) is 12.1. The zero-order valence-corrected chi connectivity index (χ0v) is 12.4. The quantitative estimate of drug-likeness (QED) is 0.294. The summed E-state index contributed by atoms with van der Waals surface area (Å²) in [7, 11) is 0. The highest BCUT2D eigenvalue weighted by molar-refractivity contribution is 5.66. The van der Waals surface area contributed by atoms with E-state index in [-0.39, 0.29) is 12.1 Å². The molecule has 0 amide bonds. The van der Waals surface area contributed by atoms with E-state index in [4.69, 9.17) is 4.74 Å². The summed E-state index contributed by atoms with van der Waals surface area (Å²) in [6.45, 7) is 5.87. The van der Waals surface area contributed by atoms with E-state index < -0.39 is 0 Å². The topological polar surface area (TPSA) is 26.3 Å². The number of esters is 1. The van der Waals surface area contributed by atoms with Crippen LogP contribution in [0.2, 0.25) is 0 Å². The van der Waals surface area contributed by atoms with Crippen molar-refractivity contribution < 1.29 is 9.53 Å². The largest absolute Gasteiger partial charge is 0.463 e. The molecule has 0 saturated carbocycles. The molecule has 0 radical (unpaired) electrons. The second-order valence-electron chi connectivity index (χ2n) is 4.92. The van der Waals surface area contributed by atoms with Gasteiger partial charge in [0.25, 0.3) is 0 Å². The van der Waals surface area contributed by atoms with Crippen LogP contribution in [0.25, 0.3) is 0 Å². The van der Waals surface area contributed by atoms with E-state index in [9.17, 15) is 4.79 Å². The van der Waals surface area contributed by atoms with Crippen molar-refractivity contribution in [1.29, 1.82) is 0 Å². The van der Waals surface area contributed by atoms with Gasteiger partial charge in [0, 0.05) is 6.92 Å².